The zero-order chi connectivity index (χ0) is 17.3. The van der Waals surface area contributed by atoms with Gasteiger partial charge in [-0.1, -0.05) is 33.1 Å². The van der Waals surface area contributed by atoms with Crippen LogP contribution in [0.1, 0.15) is 67.2 Å². The molecule has 1 amide bonds. The summed E-state index contributed by atoms with van der Waals surface area (Å²) in [5.41, 5.74) is 1.05. The molecule has 132 valence electrons. The second kappa shape index (κ2) is 7.23. The van der Waals surface area contributed by atoms with Crippen molar-refractivity contribution in [3.63, 3.8) is 0 Å². The number of hydrogen-bond donors (Lipinski definition) is 2. The monoisotopic (exact) mass is 349 g/mol. The number of rotatable bonds is 4. The van der Waals surface area contributed by atoms with E-state index in [9.17, 15) is 9.90 Å². The Balaban J connectivity index is 1.82. The average molecular weight is 350 g/mol. The third kappa shape index (κ3) is 3.35. The molecule has 0 spiro atoms. The van der Waals surface area contributed by atoms with Crippen molar-refractivity contribution in [1.82, 2.24) is 15.1 Å². The summed E-state index contributed by atoms with van der Waals surface area (Å²) in [6.45, 7) is 4.39. The summed E-state index contributed by atoms with van der Waals surface area (Å²) >= 11 is 1.50. The largest absolute Gasteiger partial charge is 0.396 e. The van der Waals surface area contributed by atoms with Crippen molar-refractivity contribution in [1.29, 1.82) is 0 Å². The van der Waals surface area contributed by atoms with E-state index in [0.29, 0.717) is 5.92 Å². The van der Waals surface area contributed by atoms with Gasteiger partial charge in [0.25, 0.3) is 5.91 Å². The first-order chi connectivity index (χ1) is 11.5. The van der Waals surface area contributed by atoms with Crippen LogP contribution in [0, 0.1) is 5.92 Å². The molecule has 0 radical (unpaired) electrons. The first-order valence-corrected chi connectivity index (χ1v) is 9.71. The number of carbonyl (C=O) groups excluding carboxylic acids is 1. The number of fused-ring (bicyclic) bond motifs is 1. The molecule has 2 aromatic heterocycles. The van der Waals surface area contributed by atoms with E-state index in [0.717, 1.165) is 46.5 Å². The van der Waals surface area contributed by atoms with Gasteiger partial charge in [0, 0.05) is 31.0 Å². The average Bonchev–Trinajstić information content (AvgIpc) is 3.02. The van der Waals surface area contributed by atoms with Crippen LogP contribution in [0.3, 0.4) is 0 Å². The van der Waals surface area contributed by atoms with Gasteiger partial charge in [-0.2, -0.15) is 5.10 Å². The maximum Gasteiger partial charge on any atom is 0.261 e. The van der Waals surface area contributed by atoms with E-state index >= 15 is 0 Å². The second-order valence-corrected chi connectivity index (χ2v) is 8.18. The molecule has 2 atom stereocenters. The number of nitrogens with zero attached hydrogens (tertiary/aromatic N) is 2. The van der Waals surface area contributed by atoms with Crippen LogP contribution in [0.25, 0.3) is 10.2 Å². The maximum atomic E-state index is 12.7. The number of aryl methyl sites for hydroxylation is 1. The fourth-order valence-corrected chi connectivity index (χ4v) is 4.62. The summed E-state index contributed by atoms with van der Waals surface area (Å²) in [6, 6.07) is 2.06. The summed E-state index contributed by atoms with van der Waals surface area (Å²) in [7, 11) is 1.93. The number of aliphatic hydroxyl groups is 1. The molecule has 1 aliphatic carbocycles. The lowest BCUT2D eigenvalue weighted by Gasteiger charge is -2.24. The van der Waals surface area contributed by atoms with E-state index in [1.807, 2.05) is 17.8 Å². The van der Waals surface area contributed by atoms with Gasteiger partial charge in [-0.15, -0.1) is 11.3 Å². The Morgan fingerprint density at radius 2 is 2.17 bits per heavy atom. The first kappa shape index (κ1) is 17.4. The lowest BCUT2D eigenvalue weighted by Crippen LogP contribution is -2.40. The number of nitrogens with one attached hydrogen (secondary N) is 1. The van der Waals surface area contributed by atoms with Crippen molar-refractivity contribution in [3.8, 4) is 0 Å². The second-order valence-electron chi connectivity index (χ2n) is 7.15. The molecule has 1 fully saturated rings. The Morgan fingerprint density at radius 3 is 2.88 bits per heavy atom. The van der Waals surface area contributed by atoms with Crippen LogP contribution in [0.15, 0.2) is 6.07 Å². The molecule has 2 aromatic rings. The summed E-state index contributed by atoms with van der Waals surface area (Å²) in [5.74, 6) is 0.495. The Bertz CT molecular complexity index is 719. The van der Waals surface area contributed by atoms with E-state index in [1.54, 1.807) is 0 Å². The quantitative estimate of drug-likeness (QED) is 0.831. The van der Waals surface area contributed by atoms with Crippen LogP contribution >= 0.6 is 11.3 Å². The highest BCUT2D eigenvalue weighted by Crippen LogP contribution is 2.32. The molecule has 0 bridgehead atoms. The number of aliphatic hydroxyl groups excluding tert-OH is 1. The Kier molecular flexibility index (Phi) is 5.25. The summed E-state index contributed by atoms with van der Waals surface area (Å²) in [5, 5.41) is 18.5. The molecule has 2 N–H and O–H groups in total. The van der Waals surface area contributed by atoms with Gasteiger partial charge in [-0.05, 0) is 24.8 Å². The molecule has 1 saturated carbocycles. The summed E-state index contributed by atoms with van der Waals surface area (Å²) in [6.07, 6.45) is 5.41. The molecule has 0 aromatic carbocycles. The molecule has 24 heavy (non-hydrogen) atoms. The van der Waals surface area contributed by atoms with Gasteiger partial charge < -0.3 is 10.4 Å². The number of hydrogen-bond acceptors (Lipinski definition) is 4. The van der Waals surface area contributed by atoms with Crippen molar-refractivity contribution in [2.45, 2.75) is 57.9 Å². The zero-order valence-electron chi connectivity index (χ0n) is 14.7. The minimum absolute atomic E-state index is 0.0174. The molecule has 0 aliphatic heterocycles. The molecule has 6 heteroatoms. The van der Waals surface area contributed by atoms with Crippen molar-refractivity contribution >= 4 is 27.5 Å². The van der Waals surface area contributed by atoms with E-state index < -0.39 is 0 Å². The molecule has 2 heterocycles. The first-order valence-electron chi connectivity index (χ1n) is 8.89. The third-order valence-corrected chi connectivity index (χ3v) is 6.22. The number of aromatic nitrogens is 2. The Labute approximate surface area is 147 Å². The Morgan fingerprint density at radius 1 is 1.42 bits per heavy atom. The van der Waals surface area contributed by atoms with Crippen molar-refractivity contribution in [3.05, 3.63) is 16.6 Å². The van der Waals surface area contributed by atoms with Gasteiger partial charge in [0.1, 0.15) is 4.83 Å². The van der Waals surface area contributed by atoms with Gasteiger partial charge in [0.2, 0.25) is 0 Å². The minimum atomic E-state index is -0.0174. The van der Waals surface area contributed by atoms with Gasteiger partial charge in [-0.3, -0.25) is 9.48 Å². The minimum Gasteiger partial charge on any atom is -0.396 e. The zero-order valence-corrected chi connectivity index (χ0v) is 15.5. The molecule has 1 aliphatic rings. The predicted octanol–water partition coefficient (Wildman–Crippen LogP) is 3.43. The van der Waals surface area contributed by atoms with Crippen molar-refractivity contribution in [2.75, 3.05) is 6.61 Å². The lowest BCUT2D eigenvalue weighted by molar-refractivity contribution is 0.0903. The predicted molar refractivity (Wildman–Crippen MR) is 97.6 cm³/mol. The standard InChI is InChI=1S/C18H27N3O2S/c1-11(2)16-13-9-15(24-18(13)21(3)20-16)17(23)19-14-8-6-4-5-7-12(14)10-22/h9,11-12,14,22H,4-8,10H2,1-3H3,(H,19,23)/t12-,14+/m0/s1. The fraction of sp³-hybridized carbons (Fsp3) is 0.667. The number of carbonyl (C=O) groups is 1. The molecule has 0 saturated heterocycles. The maximum absolute atomic E-state index is 12.7. The highest BCUT2D eigenvalue weighted by atomic mass is 32.1. The Hall–Kier alpha value is -1.40. The molecule has 5 nitrogen and oxygen atoms in total. The van der Waals surface area contributed by atoms with Crippen LogP contribution in [0.4, 0.5) is 0 Å². The van der Waals surface area contributed by atoms with Gasteiger partial charge in [0.15, 0.2) is 0 Å². The van der Waals surface area contributed by atoms with E-state index in [1.165, 1.54) is 17.8 Å². The van der Waals surface area contributed by atoms with E-state index in [2.05, 4.69) is 24.3 Å². The molecule has 0 unspecified atom stereocenters. The topological polar surface area (TPSA) is 67.2 Å². The number of amides is 1. The summed E-state index contributed by atoms with van der Waals surface area (Å²) < 4.78 is 1.87. The summed E-state index contributed by atoms with van der Waals surface area (Å²) in [4.78, 5) is 14.5. The van der Waals surface area contributed by atoms with Gasteiger partial charge in [-0.25, -0.2) is 0 Å². The molecule has 3 rings (SSSR count). The van der Waals surface area contributed by atoms with Crippen LogP contribution in [0.2, 0.25) is 0 Å². The lowest BCUT2D eigenvalue weighted by atomic mass is 9.95. The molecular formula is C18H27N3O2S. The molecular weight excluding hydrogens is 322 g/mol. The van der Waals surface area contributed by atoms with Crippen LogP contribution in [-0.2, 0) is 7.05 Å². The third-order valence-electron chi connectivity index (χ3n) is 5.02. The van der Waals surface area contributed by atoms with Crippen LogP contribution in [0.5, 0.6) is 0 Å². The van der Waals surface area contributed by atoms with Crippen molar-refractivity contribution in [2.24, 2.45) is 13.0 Å². The normalized spacial score (nSPS) is 22.0. The smallest absolute Gasteiger partial charge is 0.261 e. The van der Waals surface area contributed by atoms with Crippen LogP contribution in [-0.4, -0.2) is 33.4 Å². The van der Waals surface area contributed by atoms with E-state index in [-0.39, 0.29) is 24.5 Å². The van der Waals surface area contributed by atoms with Crippen LogP contribution < -0.4 is 5.32 Å². The fourth-order valence-electron chi connectivity index (χ4n) is 3.64. The van der Waals surface area contributed by atoms with Crippen molar-refractivity contribution < 1.29 is 9.90 Å². The SMILES string of the molecule is CC(C)c1nn(C)c2sc(C(=O)N[C@@H]3CCCCC[C@H]3CO)cc12. The van der Waals surface area contributed by atoms with Gasteiger partial charge >= 0.3 is 0 Å². The van der Waals surface area contributed by atoms with E-state index in [4.69, 9.17) is 0 Å². The highest BCUT2D eigenvalue weighted by molar-refractivity contribution is 7.20. The van der Waals surface area contributed by atoms with Gasteiger partial charge in [0.05, 0.1) is 10.6 Å². The highest BCUT2D eigenvalue weighted by Gasteiger charge is 2.26. The number of thiophene rings is 1.